The van der Waals surface area contributed by atoms with Crippen LogP contribution >= 0.6 is 0 Å². The fourth-order valence-corrected chi connectivity index (χ4v) is 2.51. The molecule has 0 aliphatic rings. The molecule has 0 aliphatic carbocycles. The second-order valence-electron chi connectivity index (χ2n) is 6.65. The summed E-state index contributed by atoms with van der Waals surface area (Å²) in [5, 5.41) is 5.77. The van der Waals surface area contributed by atoms with Crippen LogP contribution < -0.4 is 15.4 Å². The summed E-state index contributed by atoms with van der Waals surface area (Å²) in [4.78, 5) is 25.2. The number of amides is 2. The van der Waals surface area contributed by atoms with Crippen LogP contribution in [0.1, 0.15) is 49.5 Å². The van der Waals surface area contributed by atoms with Gasteiger partial charge in [-0.2, -0.15) is 0 Å². The molecule has 144 valence electrons. The van der Waals surface area contributed by atoms with Gasteiger partial charge in [0.1, 0.15) is 5.75 Å². The summed E-state index contributed by atoms with van der Waals surface area (Å²) in [5.74, 6) is 0.167. The van der Waals surface area contributed by atoms with Crippen molar-refractivity contribution >= 4 is 17.5 Å². The number of carbonyl (C=O) groups excluding carboxylic acids is 2. The first kappa shape index (κ1) is 20.5. The Morgan fingerprint density at radius 3 is 2.30 bits per heavy atom. The largest absolute Gasteiger partial charge is 0.481 e. The van der Waals surface area contributed by atoms with E-state index in [2.05, 4.69) is 10.6 Å². The number of hydrogen-bond donors (Lipinski definition) is 2. The predicted octanol–water partition coefficient (Wildman–Crippen LogP) is 4.32. The molecule has 0 saturated heterocycles. The topological polar surface area (TPSA) is 67.4 Å². The lowest BCUT2D eigenvalue weighted by atomic mass is 10.1. The molecule has 2 rings (SSSR count). The molecule has 5 heteroatoms. The Bertz CT molecular complexity index is 771. The summed E-state index contributed by atoms with van der Waals surface area (Å²) in [6.45, 7) is 7.84. The van der Waals surface area contributed by atoms with Crippen molar-refractivity contribution in [2.75, 3.05) is 5.32 Å². The summed E-state index contributed by atoms with van der Waals surface area (Å²) in [7, 11) is 0. The number of para-hydroxylation sites is 1. The molecule has 2 aromatic carbocycles. The van der Waals surface area contributed by atoms with Crippen LogP contribution in [0.15, 0.2) is 48.5 Å². The summed E-state index contributed by atoms with van der Waals surface area (Å²) < 4.78 is 5.82. The molecule has 0 saturated carbocycles. The summed E-state index contributed by atoms with van der Waals surface area (Å²) >= 11 is 0. The minimum absolute atomic E-state index is 0.0644. The van der Waals surface area contributed by atoms with Crippen LogP contribution in [0.3, 0.4) is 0 Å². The first-order valence-electron chi connectivity index (χ1n) is 9.38. The Labute approximate surface area is 161 Å². The molecular formula is C22H28N2O3. The maximum Gasteiger partial charge on any atom is 0.265 e. The molecule has 2 N–H and O–H groups in total. The molecule has 27 heavy (non-hydrogen) atoms. The highest BCUT2D eigenvalue weighted by atomic mass is 16.5. The number of rotatable bonds is 8. The van der Waals surface area contributed by atoms with E-state index in [0.717, 1.165) is 12.0 Å². The Morgan fingerprint density at radius 1 is 1.00 bits per heavy atom. The normalized spacial score (nSPS) is 12.7. The number of hydrogen-bond acceptors (Lipinski definition) is 3. The van der Waals surface area contributed by atoms with Gasteiger partial charge < -0.3 is 15.4 Å². The molecule has 0 radical (unpaired) electrons. The maximum atomic E-state index is 12.7. The summed E-state index contributed by atoms with van der Waals surface area (Å²) in [6.07, 6.45) is 0.710. The number of ether oxygens (including phenoxy) is 1. The highest BCUT2D eigenvalue weighted by Gasteiger charge is 2.21. The van der Waals surface area contributed by atoms with Gasteiger partial charge in [-0.3, -0.25) is 9.59 Å². The van der Waals surface area contributed by atoms with Crippen LogP contribution in [0, 0.1) is 6.92 Å². The van der Waals surface area contributed by atoms with Gasteiger partial charge in [-0.05, 0) is 51.0 Å². The van der Waals surface area contributed by atoms with Crippen LogP contribution in [-0.4, -0.2) is 24.0 Å². The van der Waals surface area contributed by atoms with Crippen molar-refractivity contribution in [1.29, 1.82) is 0 Å². The van der Waals surface area contributed by atoms with Gasteiger partial charge in [0.15, 0.2) is 6.10 Å². The molecule has 0 aliphatic heterocycles. The van der Waals surface area contributed by atoms with E-state index in [-0.39, 0.29) is 17.9 Å². The van der Waals surface area contributed by atoms with Crippen molar-refractivity contribution in [1.82, 2.24) is 5.32 Å². The molecule has 0 aromatic heterocycles. The fraction of sp³-hybridized carbons (Fsp3) is 0.364. The van der Waals surface area contributed by atoms with Crippen molar-refractivity contribution in [2.24, 2.45) is 0 Å². The third-order valence-corrected chi connectivity index (χ3v) is 4.38. The third-order valence-electron chi connectivity index (χ3n) is 4.38. The number of benzene rings is 2. The molecule has 0 heterocycles. The van der Waals surface area contributed by atoms with Crippen LogP contribution in [-0.2, 0) is 4.79 Å². The number of anilines is 1. The van der Waals surface area contributed by atoms with Gasteiger partial charge in [0, 0.05) is 6.04 Å². The zero-order valence-corrected chi connectivity index (χ0v) is 16.4. The van der Waals surface area contributed by atoms with E-state index in [1.165, 1.54) is 0 Å². The van der Waals surface area contributed by atoms with Gasteiger partial charge in [-0.1, -0.05) is 43.7 Å². The average Bonchev–Trinajstić information content (AvgIpc) is 2.67. The van der Waals surface area contributed by atoms with Crippen molar-refractivity contribution < 1.29 is 14.3 Å². The highest BCUT2D eigenvalue weighted by molar-refractivity contribution is 6.04. The van der Waals surface area contributed by atoms with Gasteiger partial charge in [0.05, 0.1) is 11.3 Å². The van der Waals surface area contributed by atoms with Crippen molar-refractivity contribution in [3.8, 4) is 5.75 Å². The monoisotopic (exact) mass is 368 g/mol. The van der Waals surface area contributed by atoms with Crippen molar-refractivity contribution in [2.45, 2.75) is 52.7 Å². The Balaban J connectivity index is 2.11. The zero-order chi connectivity index (χ0) is 19.8. The Kier molecular flexibility index (Phi) is 7.41. The van der Waals surface area contributed by atoms with Gasteiger partial charge in [0.2, 0.25) is 0 Å². The van der Waals surface area contributed by atoms with Crippen molar-refractivity contribution in [3.05, 3.63) is 59.7 Å². The lowest BCUT2D eigenvalue weighted by Crippen LogP contribution is -2.35. The molecule has 5 nitrogen and oxygen atoms in total. The van der Waals surface area contributed by atoms with Crippen LogP contribution in [0.25, 0.3) is 0 Å². The van der Waals surface area contributed by atoms with E-state index in [0.29, 0.717) is 23.4 Å². The van der Waals surface area contributed by atoms with Gasteiger partial charge >= 0.3 is 0 Å². The third kappa shape index (κ3) is 5.84. The van der Waals surface area contributed by atoms with E-state index >= 15 is 0 Å². The molecule has 2 atom stereocenters. The molecule has 2 amide bonds. The lowest BCUT2D eigenvalue weighted by molar-refractivity contribution is -0.122. The molecular weight excluding hydrogens is 340 g/mol. The molecule has 0 unspecified atom stereocenters. The standard InChI is InChI=1S/C22H28N2O3/c1-5-16(4)23-21(25)18-9-7-8-10-19(18)24-22(26)20(6-2)27-17-13-11-15(3)12-14-17/h7-14,16,20H,5-6H2,1-4H3,(H,23,25)(H,24,26)/t16-,20+/m0/s1. The minimum Gasteiger partial charge on any atom is -0.481 e. The molecule has 2 aromatic rings. The van der Waals surface area contributed by atoms with Gasteiger partial charge in [-0.15, -0.1) is 0 Å². The molecule has 0 spiro atoms. The van der Waals surface area contributed by atoms with Crippen LogP contribution in [0.4, 0.5) is 5.69 Å². The smallest absolute Gasteiger partial charge is 0.265 e. The number of carbonyl (C=O) groups is 2. The van der Waals surface area contributed by atoms with Crippen molar-refractivity contribution in [3.63, 3.8) is 0 Å². The maximum absolute atomic E-state index is 12.7. The number of aryl methyl sites for hydroxylation is 1. The first-order valence-corrected chi connectivity index (χ1v) is 9.38. The summed E-state index contributed by atoms with van der Waals surface area (Å²) in [5.41, 5.74) is 2.05. The summed E-state index contributed by atoms with van der Waals surface area (Å²) in [6, 6.07) is 14.6. The zero-order valence-electron chi connectivity index (χ0n) is 16.4. The fourth-order valence-electron chi connectivity index (χ4n) is 2.51. The minimum atomic E-state index is -0.640. The van der Waals surface area contributed by atoms with E-state index in [4.69, 9.17) is 4.74 Å². The quantitative estimate of drug-likeness (QED) is 0.729. The van der Waals surface area contributed by atoms with Gasteiger partial charge in [0.25, 0.3) is 11.8 Å². The molecule has 0 fully saturated rings. The molecule has 0 bridgehead atoms. The second kappa shape index (κ2) is 9.76. The van der Waals surface area contributed by atoms with Crippen LogP contribution in [0.2, 0.25) is 0 Å². The Hall–Kier alpha value is -2.82. The van der Waals surface area contributed by atoms with E-state index in [1.807, 2.05) is 52.0 Å². The predicted molar refractivity (Wildman–Crippen MR) is 108 cm³/mol. The van der Waals surface area contributed by atoms with E-state index in [1.54, 1.807) is 24.3 Å². The van der Waals surface area contributed by atoms with E-state index < -0.39 is 6.10 Å². The SMILES string of the molecule is CC[C@H](C)NC(=O)c1ccccc1NC(=O)[C@@H](CC)Oc1ccc(C)cc1. The first-order chi connectivity index (χ1) is 12.9. The lowest BCUT2D eigenvalue weighted by Gasteiger charge is -2.19. The number of nitrogens with one attached hydrogen (secondary N) is 2. The van der Waals surface area contributed by atoms with Crippen LogP contribution in [0.5, 0.6) is 5.75 Å². The second-order valence-corrected chi connectivity index (χ2v) is 6.65. The Morgan fingerprint density at radius 2 is 1.67 bits per heavy atom. The highest BCUT2D eigenvalue weighted by Crippen LogP contribution is 2.19. The van der Waals surface area contributed by atoms with Gasteiger partial charge in [-0.25, -0.2) is 0 Å². The average molecular weight is 368 g/mol. The van der Waals surface area contributed by atoms with E-state index in [9.17, 15) is 9.59 Å².